The lowest BCUT2D eigenvalue weighted by molar-refractivity contribution is -0.908. The standard InChI is InChI=1S/C24H29N3O6S/c1-14-17(15(2)25-19(14)24(31)32-3)21(28)18-20(16-6-4-13-34-16)27(23(30)22(18)29)8-5-7-26-9-11-33-12-10-26/h4,6,13,20,25,28H,5,7-12H2,1-3H3/b21-18+. The first-order valence-electron chi connectivity index (χ1n) is 11.3. The number of aromatic amines is 1. The number of nitrogens with zero attached hydrogens (tertiary/aromatic N) is 1. The van der Waals surface area contributed by atoms with E-state index in [1.165, 1.54) is 28.2 Å². The van der Waals surface area contributed by atoms with Crippen LogP contribution in [0.3, 0.4) is 0 Å². The average Bonchev–Trinajstić information content (AvgIpc) is 3.53. The molecule has 0 aromatic carbocycles. The number of carbonyl (C=O) groups is 3. The van der Waals surface area contributed by atoms with Crippen LogP contribution in [0.1, 0.15) is 44.6 Å². The number of H-pyrrole nitrogens is 1. The van der Waals surface area contributed by atoms with Crippen molar-refractivity contribution in [1.82, 2.24) is 9.88 Å². The molecule has 1 amide bonds. The predicted octanol–water partition coefficient (Wildman–Crippen LogP) is 0.00884. The first-order valence-corrected chi connectivity index (χ1v) is 12.2. The van der Waals surface area contributed by atoms with Crippen molar-refractivity contribution in [1.29, 1.82) is 0 Å². The van der Waals surface area contributed by atoms with Gasteiger partial charge in [-0.1, -0.05) is 11.8 Å². The average molecular weight is 488 g/mol. The molecule has 1 unspecified atom stereocenters. The Morgan fingerprint density at radius 1 is 1.32 bits per heavy atom. The molecule has 2 N–H and O–H groups in total. The zero-order valence-corrected chi connectivity index (χ0v) is 20.4. The molecule has 182 valence electrons. The van der Waals surface area contributed by atoms with E-state index in [4.69, 9.17) is 9.47 Å². The maximum atomic E-state index is 13.7. The minimum Gasteiger partial charge on any atom is -0.872 e. The molecular weight excluding hydrogens is 458 g/mol. The second-order valence-electron chi connectivity index (χ2n) is 8.57. The van der Waals surface area contributed by atoms with Gasteiger partial charge in [-0.15, -0.1) is 11.3 Å². The third-order valence-corrected chi connectivity index (χ3v) is 7.45. The Labute approximate surface area is 202 Å². The molecule has 0 saturated carbocycles. The summed E-state index contributed by atoms with van der Waals surface area (Å²) in [7, 11) is 1.26. The predicted molar refractivity (Wildman–Crippen MR) is 123 cm³/mol. The highest BCUT2D eigenvalue weighted by Crippen LogP contribution is 2.41. The lowest BCUT2D eigenvalue weighted by Gasteiger charge is -2.28. The van der Waals surface area contributed by atoms with Gasteiger partial charge in [0.15, 0.2) is 0 Å². The number of likely N-dealkylation sites (tertiary alicyclic amines) is 1. The number of nitrogens with one attached hydrogen (secondary N) is 2. The molecule has 4 rings (SSSR count). The van der Waals surface area contributed by atoms with Crippen molar-refractivity contribution in [2.75, 3.05) is 46.5 Å². The quantitative estimate of drug-likeness (QED) is 0.246. The van der Waals surface area contributed by atoms with Crippen LogP contribution in [0.2, 0.25) is 0 Å². The number of esters is 1. The molecule has 2 fully saturated rings. The highest BCUT2D eigenvalue weighted by Gasteiger charge is 2.44. The van der Waals surface area contributed by atoms with Gasteiger partial charge in [0.25, 0.3) is 5.91 Å². The number of rotatable bonds is 7. The number of ketones is 1. The van der Waals surface area contributed by atoms with E-state index in [1.807, 2.05) is 17.5 Å². The van der Waals surface area contributed by atoms with Crippen molar-refractivity contribution >= 4 is 34.8 Å². The molecule has 9 nitrogen and oxygen atoms in total. The van der Waals surface area contributed by atoms with Crippen LogP contribution in [0.4, 0.5) is 0 Å². The van der Waals surface area contributed by atoms with E-state index in [2.05, 4.69) is 4.98 Å². The van der Waals surface area contributed by atoms with Crippen molar-refractivity contribution in [3.63, 3.8) is 0 Å². The molecule has 0 radical (unpaired) electrons. The molecule has 0 spiro atoms. The number of hydrogen-bond donors (Lipinski definition) is 2. The van der Waals surface area contributed by atoms with Crippen LogP contribution in [0.25, 0.3) is 5.76 Å². The van der Waals surface area contributed by atoms with Crippen LogP contribution in [0, 0.1) is 13.8 Å². The molecule has 2 aromatic heterocycles. The van der Waals surface area contributed by atoms with E-state index >= 15 is 0 Å². The van der Waals surface area contributed by atoms with E-state index in [0.29, 0.717) is 24.2 Å². The Morgan fingerprint density at radius 3 is 2.71 bits per heavy atom. The summed E-state index contributed by atoms with van der Waals surface area (Å²) in [5, 5.41) is 15.6. The minimum absolute atomic E-state index is 0.0622. The van der Waals surface area contributed by atoms with E-state index in [1.54, 1.807) is 13.8 Å². The fourth-order valence-corrected chi connectivity index (χ4v) is 5.63. The Balaban J connectivity index is 1.69. The molecule has 4 heterocycles. The minimum atomic E-state index is -0.776. The summed E-state index contributed by atoms with van der Waals surface area (Å²) in [6.07, 6.45) is 0.715. The van der Waals surface area contributed by atoms with Crippen molar-refractivity contribution in [3.05, 3.63) is 50.5 Å². The smallest absolute Gasteiger partial charge is 0.354 e. The van der Waals surface area contributed by atoms with E-state index < -0.39 is 29.5 Å². The molecule has 2 aromatic rings. The van der Waals surface area contributed by atoms with Gasteiger partial charge in [-0.3, -0.25) is 9.59 Å². The molecule has 1 atom stereocenters. The first kappa shape index (κ1) is 24.2. The summed E-state index contributed by atoms with van der Waals surface area (Å²) < 4.78 is 10.2. The van der Waals surface area contributed by atoms with Crippen molar-refractivity contribution in [2.45, 2.75) is 26.3 Å². The van der Waals surface area contributed by atoms with Crippen molar-refractivity contribution in [3.8, 4) is 0 Å². The van der Waals surface area contributed by atoms with Crippen LogP contribution in [-0.2, 0) is 19.1 Å². The van der Waals surface area contributed by atoms with Crippen LogP contribution < -0.4 is 10.0 Å². The number of thiophene rings is 1. The number of ether oxygens (including phenoxy) is 2. The SMILES string of the molecule is COC(=O)c1[nH]c(C)c(/C([O-])=C2\C(=O)C(=O)N(CCC[NH+]3CCOCC3)C2c2cccs2)c1C. The van der Waals surface area contributed by atoms with Gasteiger partial charge in [0.1, 0.15) is 18.8 Å². The second-order valence-corrected chi connectivity index (χ2v) is 9.55. The largest absolute Gasteiger partial charge is 0.872 e. The Bertz CT molecular complexity index is 1110. The molecular formula is C24H29N3O6S. The molecule has 34 heavy (non-hydrogen) atoms. The number of methoxy groups -OCH3 is 1. The molecule has 0 bridgehead atoms. The van der Waals surface area contributed by atoms with E-state index in [0.717, 1.165) is 37.7 Å². The number of carbonyl (C=O) groups excluding carboxylic acids is 3. The molecule has 2 aliphatic heterocycles. The van der Waals surface area contributed by atoms with Gasteiger partial charge in [0, 0.05) is 29.1 Å². The van der Waals surface area contributed by atoms with Crippen LogP contribution in [0.5, 0.6) is 0 Å². The summed E-state index contributed by atoms with van der Waals surface area (Å²) in [5.41, 5.74) is 1.19. The van der Waals surface area contributed by atoms with Crippen LogP contribution in [0.15, 0.2) is 23.1 Å². The fourth-order valence-electron chi connectivity index (χ4n) is 4.78. The summed E-state index contributed by atoms with van der Waals surface area (Å²) >= 11 is 1.41. The monoisotopic (exact) mass is 487 g/mol. The normalized spacial score (nSPS) is 20.8. The first-order chi connectivity index (χ1) is 16.3. The second kappa shape index (κ2) is 10.1. The van der Waals surface area contributed by atoms with Gasteiger partial charge in [-0.2, -0.15) is 0 Å². The van der Waals surface area contributed by atoms with Gasteiger partial charge in [0.05, 0.1) is 32.9 Å². The number of quaternary nitrogens is 1. The topological polar surface area (TPSA) is 116 Å². The van der Waals surface area contributed by atoms with Gasteiger partial charge in [-0.25, -0.2) is 4.79 Å². The summed E-state index contributed by atoms with van der Waals surface area (Å²) in [5.74, 6) is -2.56. The number of amides is 1. The number of aromatic nitrogens is 1. The van der Waals surface area contributed by atoms with Crippen molar-refractivity contribution in [2.24, 2.45) is 0 Å². The van der Waals surface area contributed by atoms with E-state index in [-0.39, 0.29) is 16.8 Å². The van der Waals surface area contributed by atoms with Crippen molar-refractivity contribution < 1.29 is 33.9 Å². The van der Waals surface area contributed by atoms with Gasteiger partial charge in [-0.05, 0) is 36.4 Å². The van der Waals surface area contributed by atoms with Crippen LogP contribution >= 0.6 is 11.3 Å². The maximum Gasteiger partial charge on any atom is 0.354 e. The number of morpholine rings is 1. The maximum absolute atomic E-state index is 13.7. The van der Waals surface area contributed by atoms with Gasteiger partial charge < -0.3 is 29.4 Å². The van der Waals surface area contributed by atoms with Crippen LogP contribution in [-0.4, -0.2) is 74.0 Å². The fraction of sp³-hybridized carbons (Fsp3) is 0.458. The zero-order valence-electron chi connectivity index (χ0n) is 19.6. The highest BCUT2D eigenvalue weighted by atomic mass is 32.1. The Hall–Kier alpha value is -2.95. The lowest BCUT2D eigenvalue weighted by Crippen LogP contribution is -3.14. The zero-order chi connectivity index (χ0) is 24.4. The molecule has 0 aliphatic carbocycles. The Morgan fingerprint density at radius 2 is 2.06 bits per heavy atom. The van der Waals surface area contributed by atoms with E-state index in [9.17, 15) is 19.5 Å². The third kappa shape index (κ3) is 4.40. The highest BCUT2D eigenvalue weighted by molar-refractivity contribution is 7.10. The molecule has 2 aliphatic rings. The Kier molecular flexibility index (Phi) is 7.20. The summed E-state index contributed by atoms with van der Waals surface area (Å²) in [4.78, 5) is 44.9. The molecule has 10 heteroatoms. The van der Waals surface area contributed by atoms with Gasteiger partial charge >= 0.3 is 5.97 Å². The summed E-state index contributed by atoms with van der Waals surface area (Å²) in [6, 6.07) is 2.95. The lowest BCUT2D eigenvalue weighted by atomic mass is 9.97. The summed E-state index contributed by atoms with van der Waals surface area (Å²) in [6.45, 7) is 7.84. The van der Waals surface area contributed by atoms with Gasteiger partial charge in [0.2, 0.25) is 5.78 Å². The number of aryl methyl sites for hydroxylation is 1. The number of hydrogen-bond acceptors (Lipinski definition) is 7. The third-order valence-electron chi connectivity index (χ3n) is 6.53. The molecule has 2 saturated heterocycles. The number of Topliss-reactive ketones (excluding diaryl/α,β-unsaturated/α-hetero) is 1.